The molecule has 0 spiro atoms. The third-order valence-corrected chi connectivity index (χ3v) is 3.82. The highest BCUT2D eigenvalue weighted by atomic mass is 15.4. The predicted molar refractivity (Wildman–Crippen MR) is 75.9 cm³/mol. The Kier molecular flexibility index (Phi) is 4.27. The number of aryl methyl sites for hydroxylation is 2. The summed E-state index contributed by atoms with van der Waals surface area (Å²) in [4.78, 5) is 2.51. The molecule has 1 aromatic rings. The highest BCUT2D eigenvalue weighted by Crippen LogP contribution is 2.27. The van der Waals surface area contributed by atoms with E-state index in [0.717, 1.165) is 31.2 Å². The lowest BCUT2D eigenvalue weighted by Crippen LogP contribution is -2.36. The molecule has 1 aliphatic heterocycles. The fraction of sp³-hybridized carbons (Fsp3) is 0.786. The van der Waals surface area contributed by atoms with Crippen LogP contribution in [0.25, 0.3) is 0 Å². The minimum Gasteiger partial charge on any atom is -0.356 e. The summed E-state index contributed by atoms with van der Waals surface area (Å²) in [7, 11) is 2.07. The molecule has 0 amide bonds. The van der Waals surface area contributed by atoms with E-state index in [-0.39, 0.29) is 0 Å². The molecule has 1 atom stereocenters. The van der Waals surface area contributed by atoms with Crippen LogP contribution in [-0.4, -0.2) is 29.4 Å². The van der Waals surface area contributed by atoms with Crippen molar-refractivity contribution in [1.29, 1.82) is 0 Å². The van der Waals surface area contributed by atoms with E-state index in [1.807, 2.05) is 0 Å². The maximum atomic E-state index is 4.60. The fourth-order valence-electron chi connectivity index (χ4n) is 2.92. The molecule has 2 heterocycles. The highest BCUT2D eigenvalue weighted by molar-refractivity contribution is 5.50. The summed E-state index contributed by atoms with van der Waals surface area (Å²) in [5.41, 5.74) is 2.53. The molecule has 102 valence electrons. The summed E-state index contributed by atoms with van der Waals surface area (Å²) >= 11 is 0. The van der Waals surface area contributed by atoms with E-state index in [2.05, 4.69) is 47.8 Å². The van der Waals surface area contributed by atoms with Crippen molar-refractivity contribution >= 4 is 5.82 Å². The molecule has 4 nitrogen and oxygen atoms in total. The maximum Gasteiger partial charge on any atom is 0.131 e. The smallest absolute Gasteiger partial charge is 0.131 e. The van der Waals surface area contributed by atoms with Gasteiger partial charge >= 0.3 is 0 Å². The molecule has 0 bridgehead atoms. The number of rotatable bonds is 4. The van der Waals surface area contributed by atoms with Crippen molar-refractivity contribution in [2.24, 2.45) is 13.0 Å². The predicted octanol–water partition coefficient (Wildman–Crippen LogP) is 2.07. The van der Waals surface area contributed by atoms with Gasteiger partial charge in [0.25, 0.3) is 0 Å². The Morgan fingerprint density at radius 3 is 2.89 bits per heavy atom. The summed E-state index contributed by atoms with van der Waals surface area (Å²) in [6, 6.07) is 0. The van der Waals surface area contributed by atoms with Crippen LogP contribution in [0.15, 0.2) is 0 Å². The van der Waals surface area contributed by atoms with Gasteiger partial charge in [-0.15, -0.1) is 0 Å². The lowest BCUT2D eigenvalue weighted by molar-refractivity contribution is 0.439. The first-order chi connectivity index (χ1) is 8.63. The number of aromatic nitrogens is 2. The first kappa shape index (κ1) is 13.4. The molecule has 18 heavy (non-hydrogen) atoms. The number of anilines is 1. The Labute approximate surface area is 110 Å². The van der Waals surface area contributed by atoms with Gasteiger partial charge in [0.2, 0.25) is 0 Å². The average Bonchev–Trinajstić information content (AvgIpc) is 2.61. The van der Waals surface area contributed by atoms with Gasteiger partial charge in [-0.1, -0.05) is 13.8 Å². The Balaban J connectivity index is 2.24. The second-order valence-corrected chi connectivity index (χ2v) is 5.48. The molecule has 4 heteroatoms. The zero-order valence-corrected chi connectivity index (χ0v) is 12.2. The Hall–Kier alpha value is -1.03. The lowest BCUT2D eigenvalue weighted by atomic mass is 10.00. The number of piperidine rings is 1. The van der Waals surface area contributed by atoms with Crippen molar-refractivity contribution in [3.8, 4) is 0 Å². The molecule has 0 aliphatic carbocycles. The average molecular weight is 250 g/mol. The summed E-state index contributed by atoms with van der Waals surface area (Å²) < 4.78 is 2.06. The van der Waals surface area contributed by atoms with Gasteiger partial charge in [-0.3, -0.25) is 4.68 Å². The van der Waals surface area contributed by atoms with Gasteiger partial charge in [-0.2, -0.15) is 5.10 Å². The van der Waals surface area contributed by atoms with E-state index in [0.29, 0.717) is 0 Å². The third kappa shape index (κ3) is 2.69. The van der Waals surface area contributed by atoms with Crippen LogP contribution < -0.4 is 10.2 Å². The molecule has 1 N–H and O–H groups in total. The highest BCUT2D eigenvalue weighted by Gasteiger charge is 2.23. The normalized spacial score (nSPS) is 20.4. The minimum absolute atomic E-state index is 0.793. The quantitative estimate of drug-likeness (QED) is 0.888. The van der Waals surface area contributed by atoms with Crippen LogP contribution in [0, 0.1) is 12.8 Å². The van der Waals surface area contributed by atoms with Crippen molar-refractivity contribution in [2.45, 2.75) is 40.2 Å². The molecular formula is C14H26N4. The van der Waals surface area contributed by atoms with Gasteiger partial charge in [0.15, 0.2) is 0 Å². The second kappa shape index (κ2) is 5.74. The number of nitrogens with one attached hydrogen (secondary N) is 1. The third-order valence-electron chi connectivity index (χ3n) is 3.82. The van der Waals surface area contributed by atoms with Crippen molar-refractivity contribution in [2.75, 3.05) is 24.5 Å². The maximum absolute atomic E-state index is 4.60. The van der Waals surface area contributed by atoms with E-state index >= 15 is 0 Å². The van der Waals surface area contributed by atoms with Crippen LogP contribution in [0.5, 0.6) is 0 Å². The molecule has 0 aromatic carbocycles. The van der Waals surface area contributed by atoms with Crippen molar-refractivity contribution in [3.63, 3.8) is 0 Å². The molecule has 1 saturated heterocycles. The number of nitrogens with zero attached hydrogens (tertiary/aromatic N) is 3. The monoisotopic (exact) mass is 250 g/mol. The van der Waals surface area contributed by atoms with E-state index in [1.54, 1.807) is 0 Å². The van der Waals surface area contributed by atoms with Crippen molar-refractivity contribution < 1.29 is 0 Å². The van der Waals surface area contributed by atoms with Crippen LogP contribution in [-0.2, 0) is 13.6 Å². The second-order valence-electron chi connectivity index (χ2n) is 5.48. The molecule has 1 fully saturated rings. The van der Waals surface area contributed by atoms with Crippen LogP contribution in [0.3, 0.4) is 0 Å². The largest absolute Gasteiger partial charge is 0.356 e. The molecule has 0 radical (unpaired) electrons. The fourth-order valence-corrected chi connectivity index (χ4v) is 2.92. The molecule has 0 saturated carbocycles. The van der Waals surface area contributed by atoms with E-state index < -0.39 is 0 Å². The number of hydrogen-bond acceptors (Lipinski definition) is 3. The molecular weight excluding hydrogens is 224 g/mol. The van der Waals surface area contributed by atoms with Gasteiger partial charge in [0, 0.05) is 32.2 Å². The van der Waals surface area contributed by atoms with Crippen molar-refractivity contribution in [3.05, 3.63) is 11.3 Å². The molecule has 1 aliphatic rings. The summed E-state index contributed by atoms with van der Waals surface area (Å²) in [6.45, 7) is 10.9. The molecule has 2 rings (SSSR count). The lowest BCUT2D eigenvalue weighted by Gasteiger charge is -2.33. The van der Waals surface area contributed by atoms with E-state index in [9.17, 15) is 0 Å². The Bertz CT molecular complexity index is 397. The van der Waals surface area contributed by atoms with Crippen LogP contribution in [0.1, 0.15) is 37.9 Å². The van der Waals surface area contributed by atoms with Gasteiger partial charge < -0.3 is 10.2 Å². The van der Waals surface area contributed by atoms with Gasteiger partial charge in [-0.25, -0.2) is 0 Å². The van der Waals surface area contributed by atoms with E-state index in [1.165, 1.54) is 30.8 Å². The van der Waals surface area contributed by atoms with Crippen LogP contribution >= 0.6 is 0 Å². The standard InChI is InChI=1S/C14H26N4/c1-5-15-9-13-12(3)16-17(4)14(13)18-8-6-7-11(2)10-18/h11,15H,5-10H2,1-4H3. The van der Waals surface area contributed by atoms with E-state index in [4.69, 9.17) is 0 Å². The van der Waals surface area contributed by atoms with Gasteiger partial charge in [0.05, 0.1) is 5.69 Å². The Morgan fingerprint density at radius 1 is 1.44 bits per heavy atom. The topological polar surface area (TPSA) is 33.1 Å². The number of hydrogen-bond donors (Lipinski definition) is 1. The SMILES string of the molecule is CCNCc1c(C)nn(C)c1N1CCCC(C)C1. The van der Waals surface area contributed by atoms with Gasteiger partial charge in [0.1, 0.15) is 5.82 Å². The first-order valence-electron chi connectivity index (χ1n) is 7.11. The zero-order chi connectivity index (χ0) is 13.1. The first-order valence-corrected chi connectivity index (χ1v) is 7.11. The summed E-state index contributed by atoms with van der Waals surface area (Å²) in [6.07, 6.45) is 2.65. The van der Waals surface area contributed by atoms with Crippen LogP contribution in [0.4, 0.5) is 5.82 Å². The van der Waals surface area contributed by atoms with Crippen LogP contribution in [0.2, 0.25) is 0 Å². The Morgan fingerprint density at radius 2 is 2.22 bits per heavy atom. The molecule has 1 aromatic heterocycles. The summed E-state index contributed by atoms with van der Waals surface area (Å²) in [5, 5.41) is 8.03. The van der Waals surface area contributed by atoms with Gasteiger partial charge in [-0.05, 0) is 32.2 Å². The zero-order valence-electron chi connectivity index (χ0n) is 12.2. The minimum atomic E-state index is 0.793. The molecule has 1 unspecified atom stereocenters. The summed E-state index contributed by atoms with van der Waals surface area (Å²) in [5.74, 6) is 2.11. The van der Waals surface area contributed by atoms with Crippen molar-refractivity contribution in [1.82, 2.24) is 15.1 Å².